The van der Waals surface area contributed by atoms with Crippen LogP contribution in [0.3, 0.4) is 0 Å². The van der Waals surface area contributed by atoms with Crippen LogP contribution in [0.25, 0.3) is 66.1 Å². The van der Waals surface area contributed by atoms with Gasteiger partial charge in [0, 0.05) is 27.2 Å². The Labute approximate surface area is 220 Å². The summed E-state index contributed by atoms with van der Waals surface area (Å²) in [7, 11) is 0. The molecule has 6 aromatic carbocycles. The van der Waals surface area contributed by atoms with Gasteiger partial charge in [-0.15, -0.1) is 0 Å². The van der Waals surface area contributed by atoms with Crippen LogP contribution < -0.4 is 0 Å². The summed E-state index contributed by atoms with van der Waals surface area (Å²) in [5.74, 6) is 0. The molecule has 8 aromatic rings. The van der Waals surface area contributed by atoms with E-state index in [1.54, 1.807) is 0 Å². The zero-order valence-electron chi connectivity index (χ0n) is 20.8. The first kappa shape index (κ1) is 21.0. The van der Waals surface area contributed by atoms with Gasteiger partial charge in [-0.3, -0.25) is 0 Å². The lowest BCUT2D eigenvalue weighted by molar-refractivity contribution is 1.17. The van der Waals surface area contributed by atoms with Gasteiger partial charge in [-0.05, 0) is 53.6 Å². The van der Waals surface area contributed by atoms with Crippen LogP contribution in [0, 0.1) is 0 Å². The van der Waals surface area contributed by atoms with E-state index >= 15 is 0 Å². The van der Waals surface area contributed by atoms with Crippen LogP contribution in [0.1, 0.15) is 0 Å². The molecular weight excluding hydrogens is 460 g/mol. The van der Waals surface area contributed by atoms with E-state index in [4.69, 9.17) is 0 Å². The molecule has 2 heteroatoms. The molecule has 8 rings (SSSR count). The molecule has 38 heavy (non-hydrogen) atoms. The average Bonchev–Trinajstić information content (AvgIpc) is 3.51. The minimum absolute atomic E-state index is 1.17. The predicted octanol–water partition coefficient (Wildman–Crippen LogP) is 9.55. The molecule has 0 bridgehead atoms. The van der Waals surface area contributed by atoms with Gasteiger partial charge in [0.2, 0.25) is 0 Å². The van der Waals surface area contributed by atoms with Crippen LogP contribution in [0.2, 0.25) is 0 Å². The van der Waals surface area contributed by atoms with Crippen molar-refractivity contribution in [1.29, 1.82) is 0 Å². The van der Waals surface area contributed by atoms with E-state index < -0.39 is 0 Å². The maximum Gasteiger partial charge on any atom is 0.0562 e. The van der Waals surface area contributed by atoms with Crippen molar-refractivity contribution in [1.82, 2.24) is 9.13 Å². The topological polar surface area (TPSA) is 9.86 Å². The number of hydrogen-bond donors (Lipinski definition) is 0. The summed E-state index contributed by atoms with van der Waals surface area (Å²) >= 11 is 0. The Hall–Kier alpha value is -5.08. The van der Waals surface area contributed by atoms with Crippen LogP contribution in [0.4, 0.5) is 0 Å². The highest BCUT2D eigenvalue weighted by Crippen LogP contribution is 2.42. The lowest BCUT2D eigenvalue weighted by Gasteiger charge is -2.12. The summed E-state index contributed by atoms with van der Waals surface area (Å²) < 4.78 is 4.85. The van der Waals surface area contributed by atoms with Gasteiger partial charge in [-0.2, -0.15) is 0 Å². The van der Waals surface area contributed by atoms with E-state index in [9.17, 15) is 0 Å². The van der Waals surface area contributed by atoms with Crippen LogP contribution in [-0.4, -0.2) is 9.13 Å². The third kappa shape index (κ3) is 2.95. The second-order valence-electron chi connectivity index (χ2n) is 9.78. The molecular formula is C36H24N2. The molecule has 0 radical (unpaired) electrons. The number of benzene rings is 6. The van der Waals surface area contributed by atoms with Crippen LogP contribution in [-0.2, 0) is 0 Å². The van der Waals surface area contributed by atoms with Gasteiger partial charge < -0.3 is 9.13 Å². The number of aromatic nitrogens is 2. The standard InChI is InChI=1S/C36H24N2/c1-3-13-25(14-4-1)27-19-11-22-32-35(27)28-17-7-10-21-31(28)38(32)34-24-12-23-33-36(34)29-18-8-9-20-30(29)37(33)26-15-5-2-6-16-26/h1-24H. The molecule has 2 aromatic heterocycles. The molecule has 0 unspecified atom stereocenters. The first-order valence-corrected chi connectivity index (χ1v) is 13.1. The largest absolute Gasteiger partial charge is 0.309 e. The summed E-state index contributed by atoms with van der Waals surface area (Å²) in [6.45, 7) is 0. The summed E-state index contributed by atoms with van der Waals surface area (Å²) in [5, 5.41) is 5.08. The fourth-order valence-electron chi connectivity index (χ4n) is 6.18. The maximum absolute atomic E-state index is 2.46. The van der Waals surface area contributed by atoms with Crippen molar-refractivity contribution in [2.75, 3.05) is 0 Å². The van der Waals surface area contributed by atoms with E-state index in [2.05, 4.69) is 155 Å². The van der Waals surface area contributed by atoms with Gasteiger partial charge in [0.15, 0.2) is 0 Å². The SMILES string of the molecule is c1ccc(-c2cccc3c2c2ccccc2n3-c2cccc3c2c2ccccc2n3-c2ccccc2)cc1. The van der Waals surface area contributed by atoms with E-state index in [1.165, 1.54) is 66.1 Å². The summed E-state index contributed by atoms with van der Waals surface area (Å²) in [4.78, 5) is 0. The number of fused-ring (bicyclic) bond motifs is 6. The number of rotatable bonds is 3. The first-order chi connectivity index (χ1) is 18.9. The van der Waals surface area contributed by atoms with Crippen molar-refractivity contribution in [3.63, 3.8) is 0 Å². The quantitative estimate of drug-likeness (QED) is 0.236. The van der Waals surface area contributed by atoms with Gasteiger partial charge in [0.25, 0.3) is 0 Å². The Morgan fingerprint density at radius 2 is 0.868 bits per heavy atom. The maximum atomic E-state index is 2.46. The molecule has 0 atom stereocenters. The molecule has 2 nitrogen and oxygen atoms in total. The fraction of sp³-hybridized carbons (Fsp3) is 0. The number of para-hydroxylation sites is 3. The van der Waals surface area contributed by atoms with E-state index in [-0.39, 0.29) is 0 Å². The predicted molar refractivity (Wildman–Crippen MR) is 161 cm³/mol. The van der Waals surface area contributed by atoms with Crippen molar-refractivity contribution in [2.24, 2.45) is 0 Å². The van der Waals surface area contributed by atoms with Crippen molar-refractivity contribution >= 4 is 43.6 Å². The van der Waals surface area contributed by atoms with Gasteiger partial charge in [0.05, 0.1) is 27.8 Å². The molecule has 0 spiro atoms. The van der Waals surface area contributed by atoms with Crippen molar-refractivity contribution < 1.29 is 0 Å². The molecule has 0 saturated carbocycles. The van der Waals surface area contributed by atoms with Crippen molar-refractivity contribution in [3.05, 3.63) is 146 Å². The van der Waals surface area contributed by atoms with Crippen LogP contribution in [0.15, 0.2) is 146 Å². The second kappa shape index (κ2) is 8.22. The van der Waals surface area contributed by atoms with Crippen LogP contribution >= 0.6 is 0 Å². The van der Waals surface area contributed by atoms with Crippen LogP contribution in [0.5, 0.6) is 0 Å². The highest BCUT2D eigenvalue weighted by Gasteiger charge is 2.20. The Balaban J connectivity index is 1.54. The molecule has 178 valence electrons. The van der Waals surface area contributed by atoms with Gasteiger partial charge in [0.1, 0.15) is 0 Å². The summed E-state index contributed by atoms with van der Waals surface area (Å²) in [6.07, 6.45) is 0. The molecule has 0 N–H and O–H groups in total. The Morgan fingerprint density at radius 3 is 1.61 bits per heavy atom. The molecule has 0 aliphatic heterocycles. The summed E-state index contributed by atoms with van der Waals surface area (Å²) in [5.41, 5.74) is 9.73. The molecule has 0 saturated heterocycles. The first-order valence-electron chi connectivity index (χ1n) is 13.1. The van der Waals surface area contributed by atoms with E-state index in [0.29, 0.717) is 0 Å². The number of hydrogen-bond acceptors (Lipinski definition) is 0. The average molecular weight is 485 g/mol. The Kier molecular flexibility index (Phi) is 4.55. The fourth-order valence-corrected chi connectivity index (χ4v) is 6.18. The van der Waals surface area contributed by atoms with Gasteiger partial charge >= 0.3 is 0 Å². The smallest absolute Gasteiger partial charge is 0.0562 e. The highest BCUT2D eigenvalue weighted by molar-refractivity contribution is 6.19. The van der Waals surface area contributed by atoms with E-state index in [1.807, 2.05) is 0 Å². The molecule has 0 aliphatic carbocycles. The Bertz CT molecular complexity index is 2110. The van der Waals surface area contributed by atoms with Gasteiger partial charge in [-0.25, -0.2) is 0 Å². The monoisotopic (exact) mass is 484 g/mol. The zero-order chi connectivity index (χ0) is 25.1. The van der Waals surface area contributed by atoms with E-state index in [0.717, 1.165) is 0 Å². The van der Waals surface area contributed by atoms with Crippen molar-refractivity contribution in [2.45, 2.75) is 0 Å². The molecule has 0 amide bonds. The lowest BCUT2D eigenvalue weighted by Crippen LogP contribution is -1.96. The third-order valence-corrected chi connectivity index (χ3v) is 7.71. The van der Waals surface area contributed by atoms with Gasteiger partial charge in [-0.1, -0.05) is 103 Å². The third-order valence-electron chi connectivity index (χ3n) is 7.71. The molecule has 0 aliphatic rings. The molecule has 0 fully saturated rings. The zero-order valence-corrected chi connectivity index (χ0v) is 20.8. The summed E-state index contributed by atoms with van der Waals surface area (Å²) in [6, 6.07) is 52.3. The molecule has 2 heterocycles. The lowest BCUT2D eigenvalue weighted by atomic mass is 9.99. The normalized spacial score (nSPS) is 11.7. The second-order valence-corrected chi connectivity index (χ2v) is 9.78. The minimum Gasteiger partial charge on any atom is -0.309 e. The number of nitrogens with zero attached hydrogens (tertiary/aromatic N) is 2. The highest BCUT2D eigenvalue weighted by atomic mass is 15.0. The Morgan fingerprint density at radius 1 is 0.342 bits per heavy atom. The van der Waals surface area contributed by atoms with Crippen molar-refractivity contribution in [3.8, 4) is 22.5 Å². The minimum atomic E-state index is 1.17.